The van der Waals surface area contributed by atoms with Gasteiger partial charge in [-0.3, -0.25) is 9.52 Å². The zero-order valence-electron chi connectivity index (χ0n) is 13.9. The lowest BCUT2D eigenvalue weighted by molar-refractivity contribution is 0.0858. The molecule has 8 heteroatoms. The van der Waals surface area contributed by atoms with Crippen LogP contribution in [0.15, 0.2) is 53.4 Å². The summed E-state index contributed by atoms with van der Waals surface area (Å²) in [5, 5.41) is 2.80. The van der Waals surface area contributed by atoms with Crippen LogP contribution in [0.5, 0.6) is 0 Å². The van der Waals surface area contributed by atoms with E-state index >= 15 is 0 Å². The number of anilines is 1. The highest BCUT2D eigenvalue weighted by molar-refractivity contribution is 7.92. The minimum atomic E-state index is -3.82. The number of hydrogen-bond acceptors (Lipinski definition) is 4. The van der Waals surface area contributed by atoms with Crippen LogP contribution in [0, 0.1) is 5.82 Å². The van der Waals surface area contributed by atoms with Crippen LogP contribution in [0.25, 0.3) is 0 Å². The van der Waals surface area contributed by atoms with Gasteiger partial charge in [-0.05, 0) is 61.4 Å². The van der Waals surface area contributed by atoms with Gasteiger partial charge >= 0.3 is 0 Å². The summed E-state index contributed by atoms with van der Waals surface area (Å²) in [4.78, 5) is 12.1. The number of carbonyl (C=O) groups excluding carboxylic acids is 1. The SMILES string of the molecule is O=C(NC[C@@H]1CCCO1)c1ccc(NS(=O)(=O)c2ccc(F)cc2)cc1. The summed E-state index contributed by atoms with van der Waals surface area (Å²) < 4.78 is 45.3. The van der Waals surface area contributed by atoms with Crippen molar-refractivity contribution in [3.63, 3.8) is 0 Å². The number of halogens is 1. The maximum Gasteiger partial charge on any atom is 0.261 e. The van der Waals surface area contributed by atoms with Crippen molar-refractivity contribution < 1.29 is 22.3 Å². The van der Waals surface area contributed by atoms with Crippen LogP contribution in [-0.4, -0.2) is 33.6 Å². The van der Waals surface area contributed by atoms with Gasteiger partial charge in [0, 0.05) is 24.4 Å². The van der Waals surface area contributed by atoms with E-state index in [9.17, 15) is 17.6 Å². The predicted octanol–water partition coefficient (Wildman–Crippen LogP) is 2.54. The van der Waals surface area contributed by atoms with Crippen LogP contribution >= 0.6 is 0 Å². The second-order valence-electron chi connectivity index (χ2n) is 5.98. The molecule has 1 aliphatic rings. The second kappa shape index (κ2) is 7.84. The lowest BCUT2D eigenvalue weighted by Crippen LogP contribution is -2.31. The maximum atomic E-state index is 12.9. The van der Waals surface area contributed by atoms with Crippen LogP contribution in [0.1, 0.15) is 23.2 Å². The highest BCUT2D eigenvalue weighted by Crippen LogP contribution is 2.17. The van der Waals surface area contributed by atoms with E-state index in [4.69, 9.17) is 4.74 Å². The number of carbonyl (C=O) groups is 1. The Morgan fingerprint density at radius 1 is 1.12 bits per heavy atom. The quantitative estimate of drug-likeness (QED) is 0.809. The van der Waals surface area contributed by atoms with Crippen LogP contribution in [-0.2, 0) is 14.8 Å². The minimum Gasteiger partial charge on any atom is -0.376 e. The number of rotatable bonds is 6. The topological polar surface area (TPSA) is 84.5 Å². The number of benzene rings is 2. The molecule has 1 amide bonds. The van der Waals surface area contributed by atoms with Crippen molar-refractivity contribution in [1.29, 1.82) is 0 Å². The van der Waals surface area contributed by atoms with E-state index in [1.165, 1.54) is 36.4 Å². The first-order valence-corrected chi connectivity index (χ1v) is 9.71. The Hall–Kier alpha value is -2.45. The van der Waals surface area contributed by atoms with Gasteiger partial charge in [0.05, 0.1) is 11.0 Å². The summed E-state index contributed by atoms with van der Waals surface area (Å²) in [5.74, 6) is -0.754. The summed E-state index contributed by atoms with van der Waals surface area (Å²) in [7, 11) is -3.82. The highest BCUT2D eigenvalue weighted by atomic mass is 32.2. The number of ether oxygens (including phenoxy) is 1. The largest absolute Gasteiger partial charge is 0.376 e. The Kier molecular flexibility index (Phi) is 5.53. The Bertz CT molecular complexity index is 861. The van der Waals surface area contributed by atoms with Gasteiger partial charge in [-0.15, -0.1) is 0 Å². The Morgan fingerprint density at radius 3 is 2.42 bits per heavy atom. The fraction of sp³-hybridized carbons (Fsp3) is 0.278. The third-order valence-electron chi connectivity index (χ3n) is 4.04. The Balaban J connectivity index is 1.61. The zero-order chi connectivity index (χ0) is 18.6. The van der Waals surface area contributed by atoms with Crippen molar-refractivity contribution in [2.75, 3.05) is 17.9 Å². The second-order valence-corrected chi connectivity index (χ2v) is 7.66. The van der Waals surface area contributed by atoms with Crippen molar-refractivity contribution in [1.82, 2.24) is 5.32 Å². The van der Waals surface area contributed by atoms with Crippen molar-refractivity contribution in [3.05, 3.63) is 59.9 Å². The van der Waals surface area contributed by atoms with Crippen molar-refractivity contribution >= 4 is 21.6 Å². The maximum absolute atomic E-state index is 12.9. The average molecular weight is 378 g/mol. The molecule has 2 N–H and O–H groups in total. The van der Waals surface area contributed by atoms with Gasteiger partial charge in [0.15, 0.2) is 0 Å². The van der Waals surface area contributed by atoms with E-state index in [2.05, 4.69) is 10.0 Å². The lowest BCUT2D eigenvalue weighted by Gasteiger charge is -2.11. The average Bonchev–Trinajstić information content (AvgIpc) is 3.14. The number of hydrogen-bond donors (Lipinski definition) is 2. The normalized spacial score (nSPS) is 17.0. The summed E-state index contributed by atoms with van der Waals surface area (Å²) in [5.41, 5.74) is 0.734. The number of nitrogens with one attached hydrogen (secondary N) is 2. The molecule has 1 aliphatic heterocycles. The first kappa shape index (κ1) is 18.3. The van der Waals surface area contributed by atoms with Gasteiger partial charge in [-0.1, -0.05) is 0 Å². The number of amides is 1. The summed E-state index contributed by atoms with van der Waals surface area (Å²) >= 11 is 0. The third-order valence-corrected chi connectivity index (χ3v) is 5.43. The zero-order valence-corrected chi connectivity index (χ0v) is 14.8. The molecule has 2 aromatic carbocycles. The lowest BCUT2D eigenvalue weighted by atomic mass is 10.2. The van der Waals surface area contributed by atoms with Gasteiger partial charge in [-0.25, -0.2) is 12.8 Å². The molecule has 2 aromatic rings. The Morgan fingerprint density at radius 2 is 1.81 bits per heavy atom. The van der Waals surface area contributed by atoms with Crippen molar-refractivity contribution in [2.45, 2.75) is 23.8 Å². The molecule has 0 bridgehead atoms. The molecule has 6 nitrogen and oxygen atoms in total. The van der Waals surface area contributed by atoms with Gasteiger partial charge < -0.3 is 10.1 Å². The van der Waals surface area contributed by atoms with Gasteiger partial charge in [0.25, 0.3) is 15.9 Å². The summed E-state index contributed by atoms with van der Waals surface area (Å²) in [6, 6.07) is 10.6. The molecule has 0 aromatic heterocycles. The molecule has 0 unspecified atom stereocenters. The fourth-order valence-corrected chi connectivity index (χ4v) is 3.69. The minimum absolute atomic E-state index is 0.0442. The predicted molar refractivity (Wildman–Crippen MR) is 95.0 cm³/mol. The van der Waals surface area contributed by atoms with Gasteiger partial charge in [-0.2, -0.15) is 0 Å². The molecular weight excluding hydrogens is 359 g/mol. The standard InChI is InChI=1S/C18H19FN2O4S/c19-14-5-9-17(10-6-14)26(23,24)21-15-7-3-13(4-8-15)18(22)20-12-16-2-1-11-25-16/h3-10,16,21H,1-2,11-12H2,(H,20,22)/t16-/m0/s1. The molecule has 138 valence electrons. The molecule has 3 rings (SSSR count). The van der Waals surface area contributed by atoms with E-state index in [-0.39, 0.29) is 16.9 Å². The molecule has 1 fully saturated rings. The van der Waals surface area contributed by atoms with E-state index in [1.807, 2.05) is 0 Å². The molecule has 26 heavy (non-hydrogen) atoms. The molecule has 0 aliphatic carbocycles. The summed E-state index contributed by atoms with van der Waals surface area (Å²) in [6.07, 6.45) is 1.99. The van der Waals surface area contributed by atoms with E-state index < -0.39 is 15.8 Å². The van der Waals surface area contributed by atoms with Gasteiger partial charge in [0.1, 0.15) is 5.82 Å². The molecule has 1 heterocycles. The van der Waals surface area contributed by atoms with Gasteiger partial charge in [0.2, 0.25) is 0 Å². The molecule has 0 radical (unpaired) electrons. The smallest absolute Gasteiger partial charge is 0.261 e. The molecule has 1 atom stereocenters. The molecular formula is C18H19FN2O4S. The monoisotopic (exact) mass is 378 g/mol. The molecule has 1 saturated heterocycles. The van der Waals surface area contributed by atoms with Crippen molar-refractivity contribution in [3.8, 4) is 0 Å². The first-order chi connectivity index (χ1) is 12.4. The first-order valence-electron chi connectivity index (χ1n) is 8.22. The molecule has 0 spiro atoms. The van der Waals surface area contributed by atoms with Crippen LogP contribution in [0.2, 0.25) is 0 Å². The number of sulfonamides is 1. The van der Waals surface area contributed by atoms with Crippen LogP contribution < -0.4 is 10.0 Å². The Labute approximate surface area is 151 Å². The van der Waals surface area contributed by atoms with Crippen molar-refractivity contribution in [2.24, 2.45) is 0 Å². The van der Waals surface area contributed by atoms with E-state index in [0.29, 0.717) is 17.8 Å². The van der Waals surface area contributed by atoms with Crippen LogP contribution in [0.3, 0.4) is 0 Å². The summed E-state index contributed by atoms with van der Waals surface area (Å²) in [6.45, 7) is 1.18. The van der Waals surface area contributed by atoms with E-state index in [1.54, 1.807) is 0 Å². The fourth-order valence-electron chi connectivity index (χ4n) is 2.63. The third kappa shape index (κ3) is 4.59. The molecule has 0 saturated carbocycles. The highest BCUT2D eigenvalue weighted by Gasteiger charge is 2.17. The van der Waals surface area contributed by atoms with E-state index in [0.717, 1.165) is 31.6 Å². The van der Waals surface area contributed by atoms with Crippen LogP contribution in [0.4, 0.5) is 10.1 Å².